The molecule has 1 N–H and O–H groups in total. The fourth-order valence-corrected chi connectivity index (χ4v) is 3.44. The summed E-state index contributed by atoms with van der Waals surface area (Å²) in [4.78, 5) is 3.36. The van der Waals surface area contributed by atoms with E-state index in [1.165, 1.54) is 12.1 Å². The first kappa shape index (κ1) is 19.1. The van der Waals surface area contributed by atoms with Crippen LogP contribution >= 0.6 is 11.8 Å². The van der Waals surface area contributed by atoms with Crippen LogP contribution in [0.4, 0.5) is 24.5 Å². The number of hydrogen-bond acceptors (Lipinski definition) is 2. The molecule has 0 aliphatic rings. The van der Waals surface area contributed by atoms with E-state index in [1.54, 1.807) is 36.0 Å². The van der Waals surface area contributed by atoms with Gasteiger partial charge in [0.05, 0.1) is 5.69 Å². The number of nitrogens with one attached hydrogen (secondary N) is 1. The molecule has 0 aromatic heterocycles. The lowest BCUT2D eigenvalue weighted by molar-refractivity contribution is -0.0328. The average Bonchev–Trinajstić information content (AvgIpc) is 2.64. The number of anilines is 2. The number of fused-ring (bicyclic) bond motifs is 1. The minimum atomic E-state index is -4.34. The highest BCUT2D eigenvalue weighted by atomic mass is 32.2. The summed E-state index contributed by atoms with van der Waals surface area (Å²) in [5.74, 6) is 0.153. The third kappa shape index (κ3) is 4.36. The summed E-state index contributed by atoms with van der Waals surface area (Å²) < 4.78 is 37.9. The molecule has 0 saturated carbocycles. The van der Waals surface area contributed by atoms with Gasteiger partial charge in [-0.1, -0.05) is 42.5 Å². The Bertz CT molecular complexity index is 967. The Hall–Kier alpha value is -2.67. The van der Waals surface area contributed by atoms with Crippen LogP contribution in [0.2, 0.25) is 0 Å². The van der Waals surface area contributed by atoms with Gasteiger partial charge in [-0.25, -0.2) is 0 Å². The topological polar surface area (TPSA) is 30.3 Å². The average molecular weight is 389 g/mol. The van der Waals surface area contributed by atoms with E-state index >= 15 is 0 Å². The van der Waals surface area contributed by atoms with Crippen LogP contribution in [0.25, 0.3) is 10.8 Å². The largest absolute Gasteiger partial charge is 0.446 e. The fraction of sp³-hybridized carbons (Fsp3) is 0.150. The number of halogens is 3. The molecule has 0 saturated heterocycles. The molecule has 0 spiro atoms. The van der Waals surface area contributed by atoms with Crippen molar-refractivity contribution in [2.75, 3.05) is 23.9 Å². The molecule has 0 atom stereocenters. The number of alkyl halides is 3. The van der Waals surface area contributed by atoms with E-state index in [4.69, 9.17) is 5.41 Å². The Labute approximate surface area is 159 Å². The van der Waals surface area contributed by atoms with E-state index in [0.717, 1.165) is 16.5 Å². The van der Waals surface area contributed by atoms with Crippen LogP contribution in [0.5, 0.6) is 0 Å². The summed E-state index contributed by atoms with van der Waals surface area (Å²) in [6.07, 6.45) is 0. The van der Waals surface area contributed by atoms with Crippen LogP contribution in [-0.2, 0) is 0 Å². The zero-order valence-electron chi connectivity index (χ0n) is 14.8. The van der Waals surface area contributed by atoms with Crippen molar-refractivity contribution in [2.45, 2.75) is 10.4 Å². The molecule has 0 radical (unpaired) electrons. The predicted molar refractivity (Wildman–Crippen MR) is 107 cm³/mol. The van der Waals surface area contributed by atoms with Crippen LogP contribution in [-0.4, -0.2) is 25.6 Å². The van der Waals surface area contributed by atoms with Crippen molar-refractivity contribution in [1.82, 2.24) is 0 Å². The van der Waals surface area contributed by atoms with Gasteiger partial charge in [-0.2, -0.15) is 13.2 Å². The lowest BCUT2D eigenvalue weighted by atomic mass is 10.1. The first-order chi connectivity index (χ1) is 12.8. The monoisotopic (exact) mass is 389 g/mol. The van der Waals surface area contributed by atoms with Gasteiger partial charge in [0.1, 0.15) is 0 Å². The van der Waals surface area contributed by atoms with Gasteiger partial charge in [0.15, 0.2) is 0 Å². The van der Waals surface area contributed by atoms with E-state index in [9.17, 15) is 13.2 Å². The molecule has 0 amide bonds. The highest BCUT2D eigenvalue weighted by molar-refractivity contribution is 8.00. The normalized spacial score (nSPS) is 11.4. The summed E-state index contributed by atoms with van der Waals surface area (Å²) in [5, 5.41) is 10.6. The van der Waals surface area contributed by atoms with Gasteiger partial charge in [-0.05, 0) is 41.4 Å². The van der Waals surface area contributed by atoms with Crippen molar-refractivity contribution in [3.63, 3.8) is 0 Å². The van der Waals surface area contributed by atoms with Crippen molar-refractivity contribution >= 4 is 39.9 Å². The summed E-state index contributed by atoms with van der Waals surface area (Å²) >= 11 is -0.160. The molecule has 27 heavy (non-hydrogen) atoms. The Balaban J connectivity index is 1.88. The van der Waals surface area contributed by atoms with Crippen molar-refractivity contribution in [3.05, 3.63) is 66.7 Å². The van der Waals surface area contributed by atoms with Crippen molar-refractivity contribution < 1.29 is 13.2 Å². The van der Waals surface area contributed by atoms with E-state index in [0.29, 0.717) is 5.69 Å². The summed E-state index contributed by atoms with van der Waals surface area (Å²) in [6, 6.07) is 19.8. The Morgan fingerprint density at radius 1 is 0.889 bits per heavy atom. The molecule has 3 rings (SSSR count). The summed E-state index contributed by atoms with van der Waals surface area (Å²) in [6.45, 7) is 0. The number of benzene rings is 3. The van der Waals surface area contributed by atoms with Gasteiger partial charge in [-0.15, -0.1) is 0 Å². The third-order valence-corrected chi connectivity index (χ3v) is 4.92. The second-order valence-electron chi connectivity index (χ2n) is 5.99. The van der Waals surface area contributed by atoms with E-state index in [1.807, 2.05) is 42.5 Å². The molecule has 0 unspecified atom stereocenters. The quantitative estimate of drug-likeness (QED) is 0.341. The number of hydrogen-bond donors (Lipinski definition) is 1. The Morgan fingerprint density at radius 3 is 2.30 bits per heavy atom. The molecule has 0 bridgehead atoms. The van der Waals surface area contributed by atoms with Crippen LogP contribution in [0.3, 0.4) is 0 Å². The minimum absolute atomic E-state index is 0.0902. The van der Waals surface area contributed by atoms with E-state index in [2.05, 4.69) is 0 Å². The maximum Gasteiger partial charge on any atom is 0.446 e. The molecular formula is C20H18F3N3S. The van der Waals surface area contributed by atoms with Crippen molar-refractivity contribution in [3.8, 4) is 0 Å². The standard InChI is InChI=1S/C20H18F3N3S/c1-25(15-9-6-10-16(13-15)27-20(21,22)23)19(24)26(2)18-12-5-8-14-7-3-4-11-17(14)18/h3-13,24H,1-2H3. The van der Waals surface area contributed by atoms with Crippen LogP contribution in [0, 0.1) is 5.41 Å². The summed E-state index contributed by atoms with van der Waals surface area (Å²) in [5.41, 5.74) is -2.98. The number of rotatable bonds is 3. The maximum atomic E-state index is 12.6. The van der Waals surface area contributed by atoms with Gasteiger partial charge in [0.2, 0.25) is 5.96 Å². The smallest absolute Gasteiger partial charge is 0.315 e. The SMILES string of the molecule is CN(C(=N)N(C)c1cccc2ccccc12)c1cccc(SC(F)(F)F)c1. The number of thioether (sulfide) groups is 1. The molecule has 3 aromatic rings. The van der Waals surface area contributed by atoms with Gasteiger partial charge >= 0.3 is 5.51 Å². The van der Waals surface area contributed by atoms with Crippen LogP contribution in [0.1, 0.15) is 0 Å². The van der Waals surface area contributed by atoms with Gasteiger partial charge in [-0.3, -0.25) is 5.41 Å². The zero-order chi connectivity index (χ0) is 19.6. The van der Waals surface area contributed by atoms with E-state index in [-0.39, 0.29) is 22.6 Å². The zero-order valence-corrected chi connectivity index (χ0v) is 15.6. The Kier molecular flexibility index (Phi) is 5.32. The lowest BCUT2D eigenvalue weighted by Crippen LogP contribution is -2.39. The molecule has 0 heterocycles. The van der Waals surface area contributed by atoms with Crippen molar-refractivity contribution in [2.24, 2.45) is 0 Å². The highest BCUT2D eigenvalue weighted by Gasteiger charge is 2.29. The third-order valence-electron chi connectivity index (χ3n) is 4.20. The van der Waals surface area contributed by atoms with Crippen LogP contribution in [0.15, 0.2) is 71.6 Å². The molecule has 3 nitrogen and oxygen atoms in total. The molecule has 7 heteroatoms. The fourth-order valence-electron chi connectivity index (χ4n) is 2.85. The molecule has 140 valence electrons. The predicted octanol–water partition coefficient (Wildman–Crippen LogP) is 5.96. The van der Waals surface area contributed by atoms with Gasteiger partial charge < -0.3 is 9.80 Å². The highest BCUT2D eigenvalue weighted by Crippen LogP contribution is 2.38. The van der Waals surface area contributed by atoms with Gasteiger partial charge in [0, 0.05) is 30.1 Å². The molecule has 0 fully saturated rings. The Morgan fingerprint density at radius 2 is 1.56 bits per heavy atom. The number of nitrogens with zero attached hydrogens (tertiary/aromatic N) is 2. The molecule has 0 aliphatic heterocycles. The lowest BCUT2D eigenvalue weighted by Gasteiger charge is -2.29. The summed E-state index contributed by atoms with van der Waals surface area (Å²) in [7, 11) is 3.44. The number of guanidine groups is 1. The first-order valence-electron chi connectivity index (χ1n) is 8.16. The second-order valence-corrected chi connectivity index (χ2v) is 7.12. The van der Waals surface area contributed by atoms with Crippen LogP contribution < -0.4 is 9.80 Å². The van der Waals surface area contributed by atoms with Gasteiger partial charge in [0.25, 0.3) is 0 Å². The second kappa shape index (κ2) is 7.52. The molecule has 0 aliphatic carbocycles. The molecular weight excluding hydrogens is 371 g/mol. The minimum Gasteiger partial charge on any atom is -0.315 e. The van der Waals surface area contributed by atoms with E-state index < -0.39 is 5.51 Å². The first-order valence-corrected chi connectivity index (χ1v) is 8.97. The maximum absolute atomic E-state index is 12.6. The molecule has 3 aromatic carbocycles. The van der Waals surface area contributed by atoms with Crippen molar-refractivity contribution in [1.29, 1.82) is 5.41 Å².